The van der Waals surface area contributed by atoms with Crippen LogP contribution in [0.2, 0.25) is 0 Å². The quantitative estimate of drug-likeness (QED) is 0.462. The van der Waals surface area contributed by atoms with Crippen LogP contribution < -0.4 is 0 Å². The molecule has 4 saturated heterocycles. The molecule has 0 aromatic carbocycles. The minimum absolute atomic E-state index is 0.0989. The number of nitrogens with zero attached hydrogens (tertiary/aromatic N) is 4. The number of piperidine rings is 2. The molecule has 4 aliphatic rings. The summed E-state index contributed by atoms with van der Waals surface area (Å²) in [7, 11) is 2.04. The molecule has 8 nitrogen and oxygen atoms in total. The number of hydrogen-bond donors (Lipinski definition) is 0. The van der Waals surface area contributed by atoms with Gasteiger partial charge in [0.1, 0.15) is 6.04 Å². The van der Waals surface area contributed by atoms with Crippen molar-refractivity contribution in [2.75, 3.05) is 66.1 Å². The molecule has 39 heavy (non-hydrogen) atoms. The highest BCUT2D eigenvalue weighted by atomic mass is 16.7. The molecule has 0 aliphatic carbocycles. The first-order valence-corrected chi connectivity index (χ1v) is 15.8. The SMILES string of the molecule is CC(C)C[C@H]1C(=O)N([C@@H](CC(C)C)C(=O)N2CCC3(CC2)OCC(CN2CC(C)C[C@@H](C)C2)CO3)CCN1C. The summed E-state index contributed by atoms with van der Waals surface area (Å²) in [5.41, 5.74) is 0. The minimum atomic E-state index is -0.560. The van der Waals surface area contributed by atoms with Crippen LogP contribution in [-0.4, -0.2) is 115 Å². The maximum Gasteiger partial charge on any atom is 0.245 e. The zero-order valence-corrected chi connectivity index (χ0v) is 25.9. The number of rotatable bonds is 8. The fourth-order valence-electron chi connectivity index (χ4n) is 7.36. The molecule has 0 N–H and O–H groups in total. The van der Waals surface area contributed by atoms with E-state index < -0.39 is 5.79 Å². The summed E-state index contributed by atoms with van der Waals surface area (Å²) in [6.45, 7) is 20.8. The maximum absolute atomic E-state index is 13.9. The Labute approximate surface area is 237 Å². The molecule has 4 aliphatic heterocycles. The van der Waals surface area contributed by atoms with E-state index in [9.17, 15) is 9.59 Å². The van der Waals surface area contributed by atoms with Crippen molar-refractivity contribution in [1.82, 2.24) is 19.6 Å². The Kier molecular flexibility index (Phi) is 10.4. The van der Waals surface area contributed by atoms with E-state index in [0.717, 1.165) is 44.6 Å². The zero-order valence-electron chi connectivity index (χ0n) is 25.9. The van der Waals surface area contributed by atoms with Crippen molar-refractivity contribution < 1.29 is 19.1 Å². The number of ether oxygens (including phenoxy) is 2. The van der Waals surface area contributed by atoms with Crippen molar-refractivity contribution in [3.8, 4) is 0 Å². The molecule has 0 bridgehead atoms. The predicted octanol–water partition coefficient (Wildman–Crippen LogP) is 3.55. The lowest BCUT2D eigenvalue weighted by atomic mass is 9.91. The van der Waals surface area contributed by atoms with Gasteiger partial charge in [-0.2, -0.15) is 0 Å². The predicted molar refractivity (Wildman–Crippen MR) is 154 cm³/mol. The van der Waals surface area contributed by atoms with Crippen molar-refractivity contribution >= 4 is 11.8 Å². The standard InChI is InChI=1S/C31H56N4O4/c1-22(2)14-27-30(37)35(13-12-32(27)7)28(15-23(3)4)29(36)34-10-8-31(9-11-34)38-20-26(21-39-31)19-33-17-24(5)16-25(6)18-33/h22-28H,8-21H2,1-7H3/t24-,25?,27+,28+/m1/s1. The van der Waals surface area contributed by atoms with E-state index in [0.29, 0.717) is 56.7 Å². The lowest BCUT2D eigenvalue weighted by molar-refractivity contribution is -0.299. The van der Waals surface area contributed by atoms with Crippen LogP contribution in [0.5, 0.6) is 0 Å². The first-order chi connectivity index (χ1) is 18.5. The van der Waals surface area contributed by atoms with Gasteiger partial charge in [-0.15, -0.1) is 0 Å². The van der Waals surface area contributed by atoms with Gasteiger partial charge in [0.25, 0.3) is 0 Å². The average molecular weight is 549 g/mol. The molecule has 1 unspecified atom stereocenters. The molecule has 4 atom stereocenters. The highest BCUT2D eigenvalue weighted by Gasteiger charge is 2.45. The van der Waals surface area contributed by atoms with Gasteiger partial charge in [-0.1, -0.05) is 41.5 Å². The van der Waals surface area contributed by atoms with Gasteiger partial charge in [-0.05, 0) is 50.0 Å². The average Bonchev–Trinajstić information content (AvgIpc) is 2.86. The van der Waals surface area contributed by atoms with Crippen LogP contribution in [0.3, 0.4) is 0 Å². The Morgan fingerprint density at radius 3 is 2.13 bits per heavy atom. The minimum Gasteiger partial charge on any atom is -0.349 e. The van der Waals surface area contributed by atoms with Gasteiger partial charge in [-0.25, -0.2) is 0 Å². The van der Waals surface area contributed by atoms with E-state index in [1.54, 1.807) is 0 Å². The molecule has 0 radical (unpaired) electrons. The van der Waals surface area contributed by atoms with Crippen molar-refractivity contribution in [2.24, 2.45) is 29.6 Å². The van der Waals surface area contributed by atoms with Gasteiger partial charge in [0, 0.05) is 64.6 Å². The van der Waals surface area contributed by atoms with E-state index in [1.807, 2.05) is 16.8 Å². The maximum atomic E-state index is 13.9. The smallest absolute Gasteiger partial charge is 0.245 e. The van der Waals surface area contributed by atoms with Gasteiger partial charge in [0.2, 0.25) is 11.8 Å². The summed E-state index contributed by atoms with van der Waals surface area (Å²) in [4.78, 5) is 36.2. The molecule has 0 aromatic heterocycles. The van der Waals surface area contributed by atoms with Gasteiger partial charge in [-0.3, -0.25) is 14.5 Å². The number of likely N-dealkylation sites (N-methyl/N-ethyl adjacent to an activating group) is 1. The van der Waals surface area contributed by atoms with Crippen LogP contribution in [-0.2, 0) is 19.1 Å². The zero-order chi connectivity index (χ0) is 28.3. The summed E-state index contributed by atoms with van der Waals surface area (Å²) in [5.74, 6) is 2.34. The lowest BCUT2D eigenvalue weighted by Gasteiger charge is -2.48. The van der Waals surface area contributed by atoms with Crippen molar-refractivity contribution in [2.45, 2.75) is 91.5 Å². The molecule has 4 heterocycles. The Morgan fingerprint density at radius 2 is 1.56 bits per heavy atom. The van der Waals surface area contributed by atoms with E-state index >= 15 is 0 Å². The van der Waals surface area contributed by atoms with Crippen LogP contribution in [0.15, 0.2) is 0 Å². The van der Waals surface area contributed by atoms with E-state index in [4.69, 9.17) is 9.47 Å². The number of carbonyl (C=O) groups is 2. The number of likely N-dealkylation sites (tertiary alicyclic amines) is 2. The summed E-state index contributed by atoms with van der Waals surface area (Å²) >= 11 is 0. The van der Waals surface area contributed by atoms with Gasteiger partial charge in [0.15, 0.2) is 5.79 Å². The van der Waals surface area contributed by atoms with Crippen LogP contribution in [0.1, 0.15) is 73.6 Å². The van der Waals surface area contributed by atoms with Crippen molar-refractivity contribution in [1.29, 1.82) is 0 Å². The molecule has 4 fully saturated rings. The molecular formula is C31H56N4O4. The molecular weight excluding hydrogens is 492 g/mol. The highest BCUT2D eigenvalue weighted by Crippen LogP contribution is 2.34. The number of carbonyl (C=O) groups excluding carboxylic acids is 2. The summed E-state index contributed by atoms with van der Waals surface area (Å²) < 4.78 is 12.8. The first-order valence-electron chi connectivity index (χ1n) is 15.8. The second-order valence-electron chi connectivity index (χ2n) is 14.2. The van der Waals surface area contributed by atoms with Gasteiger partial charge >= 0.3 is 0 Å². The van der Waals surface area contributed by atoms with Crippen LogP contribution in [0, 0.1) is 29.6 Å². The normalized spacial score (nSPS) is 30.5. The summed E-state index contributed by atoms with van der Waals surface area (Å²) in [5, 5.41) is 0. The Bertz CT molecular complexity index is 807. The lowest BCUT2D eigenvalue weighted by Crippen LogP contribution is -2.63. The van der Waals surface area contributed by atoms with Crippen molar-refractivity contribution in [3.63, 3.8) is 0 Å². The summed E-state index contributed by atoms with van der Waals surface area (Å²) in [6, 6.07) is -0.527. The van der Waals surface area contributed by atoms with Crippen LogP contribution in [0.25, 0.3) is 0 Å². The summed E-state index contributed by atoms with van der Waals surface area (Å²) in [6.07, 6.45) is 4.25. The molecule has 8 heteroatoms. The van der Waals surface area contributed by atoms with Crippen LogP contribution in [0.4, 0.5) is 0 Å². The van der Waals surface area contributed by atoms with Gasteiger partial charge in [0.05, 0.1) is 19.3 Å². The van der Waals surface area contributed by atoms with E-state index in [-0.39, 0.29) is 23.9 Å². The first kappa shape index (κ1) is 30.7. The van der Waals surface area contributed by atoms with Crippen LogP contribution >= 0.6 is 0 Å². The molecule has 224 valence electrons. The number of piperazine rings is 1. The molecule has 2 amide bonds. The third-order valence-electron chi connectivity index (χ3n) is 9.31. The molecule has 1 spiro atoms. The fourth-order valence-corrected chi connectivity index (χ4v) is 7.36. The largest absolute Gasteiger partial charge is 0.349 e. The van der Waals surface area contributed by atoms with E-state index in [1.165, 1.54) is 19.5 Å². The van der Waals surface area contributed by atoms with Crippen molar-refractivity contribution in [3.05, 3.63) is 0 Å². The molecule has 0 aromatic rings. The second kappa shape index (κ2) is 13.2. The molecule has 4 rings (SSSR count). The third kappa shape index (κ3) is 7.75. The second-order valence-corrected chi connectivity index (χ2v) is 14.2. The third-order valence-corrected chi connectivity index (χ3v) is 9.31. The Balaban J connectivity index is 1.32. The highest BCUT2D eigenvalue weighted by molar-refractivity contribution is 5.90. The topological polar surface area (TPSA) is 65.6 Å². The van der Waals surface area contributed by atoms with Gasteiger partial charge < -0.3 is 24.2 Å². The fraction of sp³-hybridized carbons (Fsp3) is 0.935. The Morgan fingerprint density at radius 1 is 0.949 bits per heavy atom. The Hall–Kier alpha value is -1.22. The van der Waals surface area contributed by atoms with E-state index in [2.05, 4.69) is 51.3 Å². The molecule has 0 saturated carbocycles. The monoisotopic (exact) mass is 548 g/mol. The number of amides is 2. The number of hydrogen-bond acceptors (Lipinski definition) is 6.